The van der Waals surface area contributed by atoms with Crippen molar-refractivity contribution in [1.82, 2.24) is 0 Å². The standard InChI is InChI=1S/C5H7F4I/c1-4(6,2-3-10)5(7,8)9/h2-3H2,1H3. The SMILES string of the molecule is CC(F)(CCI)C(F)(F)F. The second-order valence-electron chi connectivity index (χ2n) is 2.13. The van der Waals surface area contributed by atoms with E-state index in [-0.39, 0.29) is 4.43 Å². The van der Waals surface area contributed by atoms with Gasteiger partial charge in [-0.1, -0.05) is 22.6 Å². The molecule has 5 heteroatoms. The summed E-state index contributed by atoms with van der Waals surface area (Å²) < 4.78 is 47.6. The first-order chi connectivity index (χ1) is 4.31. The van der Waals surface area contributed by atoms with Crippen molar-refractivity contribution < 1.29 is 17.6 Å². The molecule has 0 N–H and O–H groups in total. The molecule has 0 aliphatic heterocycles. The molecule has 0 aromatic rings. The topological polar surface area (TPSA) is 0 Å². The van der Waals surface area contributed by atoms with Gasteiger partial charge >= 0.3 is 6.18 Å². The van der Waals surface area contributed by atoms with E-state index in [4.69, 9.17) is 0 Å². The minimum atomic E-state index is -4.72. The van der Waals surface area contributed by atoms with Crippen molar-refractivity contribution in [3.05, 3.63) is 0 Å². The Bertz CT molecular complexity index is 107. The molecule has 0 saturated heterocycles. The summed E-state index contributed by atoms with van der Waals surface area (Å²) in [5.41, 5.74) is -3.02. The van der Waals surface area contributed by atoms with E-state index in [9.17, 15) is 17.6 Å². The number of hydrogen-bond donors (Lipinski definition) is 0. The number of rotatable bonds is 2. The maximum absolute atomic E-state index is 12.5. The average molecular weight is 270 g/mol. The molecular weight excluding hydrogens is 263 g/mol. The number of alkyl halides is 5. The van der Waals surface area contributed by atoms with Crippen LogP contribution in [0.3, 0.4) is 0 Å². The third-order valence-electron chi connectivity index (χ3n) is 1.16. The van der Waals surface area contributed by atoms with Gasteiger partial charge in [-0.05, 0) is 13.3 Å². The molecule has 0 aliphatic rings. The lowest BCUT2D eigenvalue weighted by atomic mass is 10.1. The lowest BCUT2D eigenvalue weighted by Gasteiger charge is -2.22. The fraction of sp³-hybridized carbons (Fsp3) is 1.00. The van der Waals surface area contributed by atoms with E-state index in [2.05, 4.69) is 0 Å². The van der Waals surface area contributed by atoms with Crippen LogP contribution in [0, 0.1) is 0 Å². The van der Waals surface area contributed by atoms with Crippen molar-refractivity contribution in [1.29, 1.82) is 0 Å². The van der Waals surface area contributed by atoms with Crippen LogP contribution >= 0.6 is 22.6 Å². The molecule has 0 aromatic heterocycles. The van der Waals surface area contributed by atoms with Crippen molar-refractivity contribution in [3.63, 3.8) is 0 Å². The highest BCUT2D eigenvalue weighted by Gasteiger charge is 2.51. The van der Waals surface area contributed by atoms with Crippen molar-refractivity contribution in [2.45, 2.75) is 25.2 Å². The second kappa shape index (κ2) is 3.23. The Hall–Kier alpha value is 0.450. The van der Waals surface area contributed by atoms with Crippen LogP contribution in [0.4, 0.5) is 17.6 Å². The molecule has 0 spiro atoms. The molecular formula is C5H7F4I. The largest absolute Gasteiger partial charge is 0.422 e. The van der Waals surface area contributed by atoms with Gasteiger partial charge in [0.05, 0.1) is 0 Å². The molecule has 0 bridgehead atoms. The first-order valence-corrected chi connectivity index (χ1v) is 4.15. The Morgan fingerprint density at radius 2 is 1.60 bits per heavy atom. The highest BCUT2D eigenvalue weighted by molar-refractivity contribution is 14.1. The van der Waals surface area contributed by atoms with Gasteiger partial charge < -0.3 is 0 Å². The third-order valence-corrected chi connectivity index (χ3v) is 1.69. The van der Waals surface area contributed by atoms with E-state index in [1.165, 1.54) is 0 Å². The maximum Gasteiger partial charge on any atom is 0.422 e. The molecule has 1 atom stereocenters. The van der Waals surface area contributed by atoms with Crippen molar-refractivity contribution >= 4 is 22.6 Å². The van der Waals surface area contributed by atoms with Crippen molar-refractivity contribution in [2.75, 3.05) is 4.43 Å². The van der Waals surface area contributed by atoms with E-state index in [1.807, 2.05) is 0 Å². The molecule has 0 radical (unpaired) electrons. The highest BCUT2D eigenvalue weighted by atomic mass is 127. The van der Waals surface area contributed by atoms with E-state index in [0.29, 0.717) is 6.92 Å². The van der Waals surface area contributed by atoms with Gasteiger partial charge in [0.25, 0.3) is 0 Å². The van der Waals surface area contributed by atoms with Gasteiger partial charge in [0.2, 0.25) is 5.67 Å². The average Bonchev–Trinajstić information content (AvgIpc) is 1.61. The van der Waals surface area contributed by atoms with Gasteiger partial charge in [0, 0.05) is 4.43 Å². The lowest BCUT2D eigenvalue weighted by molar-refractivity contribution is -0.223. The van der Waals surface area contributed by atoms with Crippen LogP contribution in [0.1, 0.15) is 13.3 Å². The molecule has 0 aliphatic carbocycles. The summed E-state index contributed by atoms with van der Waals surface area (Å²) in [6, 6.07) is 0. The van der Waals surface area contributed by atoms with Gasteiger partial charge in [0.1, 0.15) is 0 Å². The molecule has 0 amide bonds. The second-order valence-corrected chi connectivity index (χ2v) is 3.21. The summed E-state index contributed by atoms with van der Waals surface area (Å²) in [6.07, 6.45) is -5.20. The summed E-state index contributed by atoms with van der Waals surface area (Å²) in [7, 11) is 0. The molecule has 62 valence electrons. The monoisotopic (exact) mass is 270 g/mol. The normalized spacial score (nSPS) is 18.6. The zero-order valence-corrected chi connectivity index (χ0v) is 7.46. The van der Waals surface area contributed by atoms with Crippen LogP contribution in [0.5, 0.6) is 0 Å². The third kappa shape index (κ3) is 2.59. The van der Waals surface area contributed by atoms with Crippen LogP contribution in [-0.2, 0) is 0 Å². The van der Waals surface area contributed by atoms with Crippen molar-refractivity contribution in [2.24, 2.45) is 0 Å². The van der Waals surface area contributed by atoms with Crippen LogP contribution in [-0.4, -0.2) is 16.3 Å². The molecule has 0 aromatic carbocycles. The Morgan fingerprint density at radius 3 is 1.70 bits per heavy atom. The molecule has 1 unspecified atom stereocenters. The Balaban J connectivity index is 4.10. The van der Waals surface area contributed by atoms with E-state index >= 15 is 0 Å². The molecule has 0 heterocycles. The fourth-order valence-electron chi connectivity index (χ4n) is 0.319. The van der Waals surface area contributed by atoms with Gasteiger partial charge in [-0.15, -0.1) is 0 Å². The van der Waals surface area contributed by atoms with Crippen LogP contribution in [0.2, 0.25) is 0 Å². The lowest BCUT2D eigenvalue weighted by Crippen LogP contribution is -2.37. The molecule has 0 rings (SSSR count). The summed E-state index contributed by atoms with van der Waals surface area (Å²) in [6.45, 7) is 0.561. The van der Waals surface area contributed by atoms with E-state index < -0.39 is 18.3 Å². The number of hydrogen-bond acceptors (Lipinski definition) is 0. The fourth-order valence-corrected chi connectivity index (χ4v) is 1.33. The molecule has 0 saturated carbocycles. The minimum Gasteiger partial charge on any atom is -0.234 e. The zero-order chi connectivity index (χ0) is 8.41. The first kappa shape index (κ1) is 10.4. The summed E-state index contributed by atoms with van der Waals surface area (Å²) in [4.78, 5) is 0. The predicted octanol–water partition coefficient (Wildman–Crippen LogP) is 3.10. The van der Waals surface area contributed by atoms with Gasteiger partial charge in [-0.25, -0.2) is 4.39 Å². The highest BCUT2D eigenvalue weighted by Crippen LogP contribution is 2.36. The van der Waals surface area contributed by atoms with Crippen LogP contribution in [0.15, 0.2) is 0 Å². The van der Waals surface area contributed by atoms with Crippen LogP contribution < -0.4 is 0 Å². The zero-order valence-electron chi connectivity index (χ0n) is 5.30. The quantitative estimate of drug-likeness (QED) is 0.411. The van der Waals surface area contributed by atoms with Gasteiger partial charge in [-0.3, -0.25) is 0 Å². The van der Waals surface area contributed by atoms with Gasteiger partial charge in [0.15, 0.2) is 0 Å². The van der Waals surface area contributed by atoms with Crippen molar-refractivity contribution in [3.8, 4) is 0 Å². The van der Waals surface area contributed by atoms with E-state index in [0.717, 1.165) is 0 Å². The molecule has 0 nitrogen and oxygen atoms in total. The predicted molar refractivity (Wildman–Crippen MR) is 39.1 cm³/mol. The van der Waals surface area contributed by atoms with Gasteiger partial charge in [-0.2, -0.15) is 13.2 Å². The first-order valence-electron chi connectivity index (χ1n) is 2.63. The molecule has 0 fully saturated rings. The number of halogens is 5. The summed E-state index contributed by atoms with van der Waals surface area (Å²) in [5.74, 6) is 0. The summed E-state index contributed by atoms with van der Waals surface area (Å²) in [5, 5.41) is 0. The summed E-state index contributed by atoms with van der Waals surface area (Å²) >= 11 is 1.71. The Kier molecular flexibility index (Phi) is 3.38. The Labute approximate surface area is 70.1 Å². The Morgan fingerprint density at radius 1 is 1.20 bits per heavy atom. The van der Waals surface area contributed by atoms with Crippen LogP contribution in [0.25, 0.3) is 0 Å². The minimum absolute atomic E-state index is 0.171. The van der Waals surface area contributed by atoms with E-state index in [1.54, 1.807) is 22.6 Å². The molecule has 10 heavy (non-hydrogen) atoms. The maximum atomic E-state index is 12.5. The smallest absolute Gasteiger partial charge is 0.234 e.